The molecule has 0 spiro atoms. The van der Waals surface area contributed by atoms with Crippen molar-refractivity contribution in [3.05, 3.63) is 17.1 Å². The van der Waals surface area contributed by atoms with Crippen LogP contribution in [-0.4, -0.2) is 11.7 Å². The summed E-state index contributed by atoms with van der Waals surface area (Å²) >= 11 is 1.52. The van der Waals surface area contributed by atoms with E-state index in [1.807, 2.05) is 6.08 Å². The molecule has 0 radical (unpaired) electrons. The number of carbonyl (C=O) groups excluding carboxylic acids is 1. The highest BCUT2D eigenvalue weighted by Crippen LogP contribution is 2.19. The van der Waals surface area contributed by atoms with Crippen molar-refractivity contribution in [2.24, 2.45) is 0 Å². The van der Waals surface area contributed by atoms with Crippen LogP contribution in [0.3, 0.4) is 0 Å². The molecule has 0 atom stereocenters. The molecule has 0 saturated heterocycles. The number of rotatable bonds is 0. The molecule has 1 nitrogen and oxygen atoms in total. The first-order valence-electron chi connectivity index (χ1n) is 1.98. The van der Waals surface area contributed by atoms with Crippen LogP contribution in [0, 0.1) is 0 Å². The molecule has 7 heavy (non-hydrogen) atoms. The van der Waals surface area contributed by atoms with Crippen LogP contribution in [0.1, 0.15) is 0 Å². The molecule has 1 aliphatic rings. The molecule has 0 bridgehead atoms. The fourth-order valence-electron chi connectivity index (χ4n) is 0.405. The van der Waals surface area contributed by atoms with E-state index in [0.717, 1.165) is 10.7 Å². The molecule has 0 saturated carbocycles. The standard InChI is InChI=1S/C5H4OS/c6-4-5-2-1-3-7-5/h1-2H,3H2. The number of thioether (sulfide) groups is 1. The van der Waals surface area contributed by atoms with E-state index < -0.39 is 0 Å². The molecular formula is C5H4OS. The number of hydrogen-bond acceptors (Lipinski definition) is 2. The van der Waals surface area contributed by atoms with Crippen molar-refractivity contribution in [1.29, 1.82) is 0 Å². The van der Waals surface area contributed by atoms with Crippen molar-refractivity contribution in [3.63, 3.8) is 0 Å². The summed E-state index contributed by atoms with van der Waals surface area (Å²) in [5.74, 6) is 2.74. The summed E-state index contributed by atoms with van der Waals surface area (Å²) in [5, 5.41) is 0. The third kappa shape index (κ3) is 0.952. The second-order valence-corrected chi connectivity index (χ2v) is 2.24. The Labute approximate surface area is 46.1 Å². The Balaban J connectivity index is 2.77. The second kappa shape index (κ2) is 2.01. The van der Waals surface area contributed by atoms with Gasteiger partial charge in [0.1, 0.15) is 5.94 Å². The van der Waals surface area contributed by atoms with Gasteiger partial charge in [0.25, 0.3) is 0 Å². The van der Waals surface area contributed by atoms with E-state index in [4.69, 9.17) is 0 Å². The molecule has 0 unspecified atom stereocenters. The summed E-state index contributed by atoms with van der Waals surface area (Å²) in [4.78, 5) is 10.5. The number of hydrogen-bond donors (Lipinski definition) is 0. The summed E-state index contributed by atoms with van der Waals surface area (Å²) in [6, 6.07) is 0. The Morgan fingerprint density at radius 3 is 3.00 bits per heavy atom. The Bertz CT molecular complexity index is 142. The maximum atomic E-state index is 9.77. The van der Waals surface area contributed by atoms with Crippen LogP contribution in [0.15, 0.2) is 17.1 Å². The van der Waals surface area contributed by atoms with E-state index in [9.17, 15) is 4.79 Å². The van der Waals surface area contributed by atoms with Crippen LogP contribution < -0.4 is 0 Å². The van der Waals surface area contributed by atoms with Gasteiger partial charge in [0.15, 0.2) is 0 Å². The molecule has 0 amide bonds. The molecule has 1 heterocycles. The lowest BCUT2D eigenvalue weighted by atomic mass is 10.5. The zero-order valence-corrected chi connectivity index (χ0v) is 4.49. The largest absolute Gasteiger partial charge is 0.232 e. The maximum absolute atomic E-state index is 9.77. The van der Waals surface area contributed by atoms with Gasteiger partial charge in [-0.25, -0.2) is 4.79 Å². The molecule has 0 aromatic heterocycles. The summed E-state index contributed by atoms with van der Waals surface area (Å²) < 4.78 is 0. The van der Waals surface area contributed by atoms with Gasteiger partial charge in [0.2, 0.25) is 0 Å². The summed E-state index contributed by atoms with van der Waals surface area (Å²) in [5.41, 5.74) is 0. The topological polar surface area (TPSA) is 17.1 Å². The van der Waals surface area contributed by atoms with Gasteiger partial charge in [-0.15, -0.1) is 11.8 Å². The highest BCUT2D eigenvalue weighted by molar-refractivity contribution is 8.04. The van der Waals surface area contributed by atoms with Crippen LogP contribution in [0.25, 0.3) is 0 Å². The molecule has 2 heteroatoms. The van der Waals surface area contributed by atoms with Crippen LogP contribution >= 0.6 is 11.8 Å². The van der Waals surface area contributed by atoms with Gasteiger partial charge in [-0.3, -0.25) is 0 Å². The van der Waals surface area contributed by atoms with E-state index >= 15 is 0 Å². The predicted molar refractivity (Wildman–Crippen MR) is 30.8 cm³/mol. The summed E-state index contributed by atoms with van der Waals surface area (Å²) in [6.45, 7) is 0. The lowest BCUT2D eigenvalue weighted by molar-refractivity contribution is 0.568. The second-order valence-electron chi connectivity index (χ2n) is 1.18. The first kappa shape index (κ1) is 4.69. The van der Waals surface area contributed by atoms with Gasteiger partial charge < -0.3 is 0 Å². The predicted octanol–water partition coefficient (Wildman–Crippen LogP) is 1.00. The average molecular weight is 112 g/mol. The normalized spacial score (nSPS) is 17.4. The molecule has 0 N–H and O–H groups in total. The van der Waals surface area contributed by atoms with Crippen molar-refractivity contribution in [2.75, 3.05) is 5.75 Å². The van der Waals surface area contributed by atoms with Gasteiger partial charge >= 0.3 is 0 Å². The Morgan fingerprint density at radius 2 is 2.71 bits per heavy atom. The Hall–Kier alpha value is -0.460. The maximum Gasteiger partial charge on any atom is 0.139 e. The zero-order chi connectivity index (χ0) is 5.11. The molecule has 1 aliphatic heterocycles. The highest BCUT2D eigenvalue weighted by atomic mass is 32.2. The number of allylic oxidation sites excluding steroid dienone is 1. The van der Waals surface area contributed by atoms with Crippen LogP contribution in [0.4, 0.5) is 0 Å². The van der Waals surface area contributed by atoms with Gasteiger partial charge in [-0.1, -0.05) is 6.08 Å². The minimum atomic E-state index is 0.722. The molecule has 36 valence electrons. The lowest BCUT2D eigenvalue weighted by Crippen LogP contribution is -1.59. The Morgan fingerprint density at radius 1 is 1.86 bits per heavy atom. The van der Waals surface area contributed by atoms with Crippen LogP contribution in [0.2, 0.25) is 0 Å². The van der Waals surface area contributed by atoms with E-state index in [1.54, 1.807) is 12.0 Å². The van der Waals surface area contributed by atoms with E-state index in [1.165, 1.54) is 11.8 Å². The first-order valence-corrected chi connectivity index (χ1v) is 2.96. The van der Waals surface area contributed by atoms with Gasteiger partial charge in [0.05, 0.1) is 4.91 Å². The van der Waals surface area contributed by atoms with Crippen molar-refractivity contribution in [2.45, 2.75) is 0 Å². The van der Waals surface area contributed by atoms with Crippen LogP contribution in [-0.2, 0) is 4.79 Å². The monoisotopic (exact) mass is 112 g/mol. The quantitative estimate of drug-likeness (QED) is 0.435. The Kier molecular flexibility index (Phi) is 1.35. The van der Waals surface area contributed by atoms with Crippen molar-refractivity contribution >= 4 is 17.7 Å². The van der Waals surface area contributed by atoms with E-state index in [-0.39, 0.29) is 0 Å². The molecule has 0 fully saturated rings. The first-order chi connectivity index (χ1) is 3.43. The van der Waals surface area contributed by atoms with Gasteiger partial charge in [0, 0.05) is 5.75 Å². The SMILES string of the molecule is O=C=C1C=CCS1. The summed E-state index contributed by atoms with van der Waals surface area (Å²) in [6.07, 6.45) is 3.74. The molecular weight excluding hydrogens is 108 g/mol. The zero-order valence-electron chi connectivity index (χ0n) is 3.68. The van der Waals surface area contributed by atoms with Crippen molar-refractivity contribution < 1.29 is 4.79 Å². The van der Waals surface area contributed by atoms with E-state index in [2.05, 4.69) is 0 Å². The lowest BCUT2D eigenvalue weighted by Gasteiger charge is -1.76. The molecule has 0 aromatic rings. The third-order valence-corrected chi connectivity index (χ3v) is 1.59. The van der Waals surface area contributed by atoms with Crippen LogP contribution in [0.5, 0.6) is 0 Å². The molecule has 1 rings (SSSR count). The van der Waals surface area contributed by atoms with E-state index in [0.29, 0.717) is 0 Å². The third-order valence-electron chi connectivity index (χ3n) is 0.705. The highest BCUT2D eigenvalue weighted by Gasteiger charge is 1.97. The smallest absolute Gasteiger partial charge is 0.139 e. The average Bonchev–Trinajstić information content (AvgIpc) is 2.14. The fourth-order valence-corrected chi connectivity index (χ4v) is 1.03. The van der Waals surface area contributed by atoms with Gasteiger partial charge in [-0.05, 0) is 6.08 Å². The van der Waals surface area contributed by atoms with Crippen molar-refractivity contribution in [1.82, 2.24) is 0 Å². The summed E-state index contributed by atoms with van der Waals surface area (Å²) in [7, 11) is 0. The van der Waals surface area contributed by atoms with Gasteiger partial charge in [-0.2, -0.15) is 0 Å². The fraction of sp³-hybridized carbons (Fsp3) is 0.200. The molecule has 0 aliphatic carbocycles. The minimum Gasteiger partial charge on any atom is -0.232 e. The minimum absolute atomic E-state index is 0.722. The molecule has 0 aromatic carbocycles. The van der Waals surface area contributed by atoms with Crippen molar-refractivity contribution in [3.8, 4) is 0 Å².